The van der Waals surface area contributed by atoms with E-state index >= 15 is 0 Å². The molecular formula is C29H32N4O2S2. The number of nitrogens with two attached hydrogens (primary N) is 1. The first kappa shape index (κ1) is 24.9. The van der Waals surface area contributed by atoms with Crippen molar-refractivity contribution in [3.05, 3.63) is 71.4 Å². The number of piperidine rings is 1. The van der Waals surface area contributed by atoms with Crippen molar-refractivity contribution < 1.29 is 10.2 Å². The van der Waals surface area contributed by atoms with Gasteiger partial charge in [-0.2, -0.15) is 0 Å². The van der Waals surface area contributed by atoms with E-state index in [0.29, 0.717) is 25.7 Å². The molecule has 0 radical (unpaired) electrons. The summed E-state index contributed by atoms with van der Waals surface area (Å²) in [4.78, 5) is 14.1. The van der Waals surface area contributed by atoms with Crippen LogP contribution in [-0.4, -0.2) is 50.8 Å². The molecule has 6 nitrogen and oxygen atoms in total. The maximum Gasteiger partial charge on any atom is 0.136 e. The molecule has 0 unspecified atom stereocenters. The Labute approximate surface area is 225 Å². The molecule has 4 N–H and O–H groups in total. The number of thiazole rings is 2. The van der Waals surface area contributed by atoms with Crippen molar-refractivity contribution in [2.24, 2.45) is 5.73 Å². The fourth-order valence-electron chi connectivity index (χ4n) is 5.67. The minimum absolute atomic E-state index is 0.481. The molecule has 0 bridgehead atoms. The number of aromatic nitrogens is 2. The van der Waals surface area contributed by atoms with Crippen LogP contribution in [0.1, 0.15) is 43.2 Å². The highest BCUT2D eigenvalue weighted by atomic mass is 32.1. The summed E-state index contributed by atoms with van der Waals surface area (Å²) < 4.78 is 0. The molecule has 1 saturated heterocycles. The van der Waals surface area contributed by atoms with Gasteiger partial charge in [0.05, 0.1) is 21.0 Å². The Bertz CT molecular complexity index is 1400. The highest BCUT2D eigenvalue weighted by Crippen LogP contribution is 2.47. The van der Waals surface area contributed by atoms with Gasteiger partial charge in [-0.05, 0) is 50.8 Å². The highest BCUT2D eigenvalue weighted by molar-refractivity contribution is 7.23. The third-order valence-corrected chi connectivity index (χ3v) is 10.2. The molecule has 192 valence electrons. The Morgan fingerprint density at radius 2 is 1.59 bits per heavy atom. The molecule has 2 aromatic heterocycles. The second kappa shape index (κ2) is 9.08. The monoisotopic (exact) mass is 532 g/mol. The van der Waals surface area contributed by atoms with Crippen LogP contribution in [0.3, 0.4) is 0 Å². The quantitative estimate of drug-likeness (QED) is 0.327. The summed E-state index contributed by atoms with van der Waals surface area (Å²) in [5.41, 5.74) is 8.65. The smallest absolute Gasteiger partial charge is 0.136 e. The van der Waals surface area contributed by atoms with E-state index in [1.165, 1.54) is 0 Å². The van der Waals surface area contributed by atoms with Crippen LogP contribution in [-0.2, 0) is 11.1 Å². The summed E-state index contributed by atoms with van der Waals surface area (Å²) in [6.45, 7) is 3.57. The van der Waals surface area contributed by atoms with Crippen molar-refractivity contribution >= 4 is 22.7 Å². The van der Waals surface area contributed by atoms with E-state index in [-0.39, 0.29) is 0 Å². The van der Waals surface area contributed by atoms with Crippen LogP contribution >= 0.6 is 22.7 Å². The third kappa shape index (κ3) is 4.67. The van der Waals surface area contributed by atoms with Crippen LogP contribution in [0.5, 0.6) is 0 Å². The summed E-state index contributed by atoms with van der Waals surface area (Å²) in [5.74, 6) is 0. The topological polar surface area (TPSA) is 95.5 Å². The van der Waals surface area contributed by atoms with Crippen LogP contribution in [0.25, 0.3) is 31.6 Å². The van der Waals surface area contributed by atoms with E-state index in [9.17, 15) is 10.2 Å². The van der Waals surface area contributed by atoms with Crippen molar-refractivity contribution in [3.8, 4) is 31.6 Å². The average Bonchev–Trinajstić information content (AvgIpc) is 3.54. The van der Waals surface area contributed by atoms with Crippen LogP contribution in [0.2, 0.25) is 0 Å². The van der Waals surface area contributed by atoms with E-state index in [1.807, 2.05) is 31.3 Å². The van der Waals surface area contributed by atoms with E-state index in [1.54, 1.807) is 22.7 Å². The van der Waals surface area contributed by atoms with E-state index in [2.05, 4.69) is 53.3 Å². The molecule has 0 amide bonds. The maximum atomic E-state index is 11.3. The van der Waals surface area contributed by atoms with E-state index in [4.69, 9.17) is 10.7 Å². The van der Waals surface area contributed by atoms with Gasteiger partial charge in [0.25, 0.3) is 0 Å². The molecule has 1 aliphatic carbocycles. The largest absolute Gasteiger partial charge is 0.390 e. The molecule has 2 aromatic carbocycles. The zero-order valence-electron chi connectivity index (χ0n) is 21.1. The van der Waals surface area contributed by atoms with E-state index in [0.717, 1.165) is 55.2 Å². The predicted octanol–water partition coefficient (Wildman–Crippen LogP) is 5.21. The van der Waals surface area contributed by atoms with Gasteiger partial charge >= 0.3 is 0 Å². The first-order valence-corrected chi connectivity index (χ1v) is 14.3. The molecule has 37 heavy (non-hydrogen) atoms. The number of rotatable bonds is 5. The van der Waals surface area contributed by atoms with Gasteiger partial charge in [-0.3, -0.25) is 0 Å². The SMILES string of the molecule is CN1CCC(O)(c2ncc(-c3nc(-c4ccc([C@]5(N)C[C@](C)(O)C5)cc4)c(-c4ccccc4)s3)s2)CC1. The number of nitrogens with zero attached hydrogens (tertiary/aromatic N) is 3. The second-order valence-electron chi connectivity index (χ2n) is 11.0. The lowest BCUT2D eigenvalue weighted by Crippen LogP contribution is -2.58. The molecule has 2 aliphatic rings. The van der Waals surface area contributed by atoms with Crippen LogP contribution in [0.15, 0.2) is 60.8 Å². The minimum atomic E-state index is -0.863. The summed E-state index contributed by atoms with van der Waals surface area (Å²) in [6, 6.07) is 18.6. The van der Waals surface area contributed by atoms with Gasteiger partial charge < -0.3 is 20.8 Å². The van der Waals surface area contributed by atoms with Gasteiger partial charge in [0.2, 0.25) is 0 Å². The molecule has 3 heterocycles. The fourth-order valence-corrected chi connectivity index (χ4v) is 7.86. The molecule has 6 rings (SSSR count). The number of benzene rings is 2. The standard InChI is InChI=1S/C29H32N4O2S2/c1-27(34)17-28(30,18-27)21-10-8-19(9-11-21)23-24(20-6-4-3-5-7-20)37-25(32-23)22-16-31-26(36-22)29(35)12-14-33(2)15-13-29/h3-11,16,34-35H,12-15,17-18,30H2,1-2H3/t27-,28-. The molecule has 1 aliphatic heterocycles. The van der Waals surface area contributed by atoms with Crippen LogP contribution in [0.4, 0.5) is 0 Å². The molecule has 1 saturated carbocycles. The molecule has 4 aromatic rings. The van der Waals surface area contributed by atoms with Gasteiger partial charge in [0, 0.05) is 30.4 Å². The summed E-state index contributed by atoms with van der Waals surface area (Å²) >= 11 is 3.21. The Kier molecular flexibility index (Phi) is 6.10. The van der Waals surface area contributed by atoms with Crippen molar-refractivity contribution in [2.75, 3.05) is 20.1 Å². The molecule has 0 atom stereocenters. The molecular weight excluding hydrogens is 500 g/mol. The average molecular weight is 533 g/mol. The second-order valence-corrected chi connectivity index (χ2v) is 13.0. The van der Waals surface area contributed by atoms with Crippen LogP contribution < -0.4 is 5.73 Å². The fraction of sp³-hybridized carbons (Fsp3) is 0.379. The van der Waals surface area contributed by atoms with Gasteiger partial charge in [-0.25, -0.2) is 9.97 Å². The number of hydrogen-bond donors (Lipinski definition) is 3. The summed E-state index contributed by atoms with van der Waals surface area (Å²) in [7, 11) is 2.09. The van der Waals surface area contributed by atoms with E-state index < -0.39 is 16.7 Å². The van der Waals surface area contributed by atoms with Crippen molar-refractivity contribution in [1.82, 2.24) is 14.9 Å². The highest BCUT2D eigenvalue weighted by Gasteiger charge is 2.49. The first-order chi connectivity index (χ1) is 17.6. The number of aliphatic hydroxyl groups is 2. The lowest BCUT2D eigenvalue weighted by Gasteiger charge is -2.49. The lowest BCUT2D eigenvalue weighted by molar-refractivity contribution is -0.0738. The third-order valence-electron chi connectivity index (χ3n) is 7.72. The zero-order valence-corrected chi connectivity index (χ0v) is 22.8. The zero-order chi connectivity index (χ0) is 25.8. The Balaban J connectivity index is 1.35. The Hall–Kier alpha value is -2.46. The Morgan fingerprint density at radius 3 is 2.24 bits per heavy atom. The van der Waals surface area contributed by atoms with Crippen molar-refractivity contribution in [2.45, 2.75) is 49.3 Å². The lowest BCUT2D eigenvalue weighted by atomic mass is 9.63. The predicted molar refractivity (Wildman–Crippen MR) is 150 cm³/mol. The van der Waals surface area contributed by atoms with Gasteiger partial charge in [0.1, 0.15) is 15.6 Å². The normalized spacial score (nSPS) is 25.6. The van der Waals surface area contributed by atoms with Gasteiger partial charge in [-0.1, -0.05) is 54.6 Å². The molecule has 2 fully saturated rings. The molecule has 8 heteroatoms. The summed E-state index contributed by atoms with van der Waals surface area (Å²) in [6.07, 6.45) is 4.37. The maximum absolute atomic E-state index is 11.3. The number of hydrogen-bond acceptors (Lipinski definition) is 8. The first-order valence-electron chi connectivity index (χ1n) is 12.7. The van der Waals surface area contributed by atoms with Gasteiger partial charge in [-0.15, -0.1) is 22.7 Å². The summed E-state index contributed by atoms with van der Waals surface area (Å²) in [5, 5.41) is 23.2. The van der Waals surface area contributed by atoms with Crippen molar-refractivity contribution in [1.29, 1.82) is 0 Å². The van der Waals surface area contributed by atoms with Gasteiger partial charge in [0.15, 0.2) is 0 Å². The van der Waals surface area contributed by atoms with Crippen molar-refractivity contribution in [3.63, 3.8) is 0 Å². The molecule has 0 spiro atoms. The Morgan fingerprint density at radius 1 is 0.919 bits per heavy atom. The van der Waals surface area contributed by atoms with Crippen LogP contribution in [0, 0.1) is 0 Å². The number of likely N-dealkylation sites (tertiary alicyclic amines) is 1. The minimum Gasteiger partial charge on any atom is -0.390 e.